The van der Waals surface area contributed by atoms with E-state index in [1.807, 2.05) is 0 Å². The van der Waals surface area contributed by atoms with E-state index in [0.717, 1.165) is 0 Å². The lowest BCUT2D eigenvalue weighted by Gasteiger charge is -2.10. The highest BCUT2D eigenvalue weighted by Gasteiger charge is 2.14. The zero-order valence-electron chi connectivity index (χ0n) is 16.6. The van der Waals surface area contributed by atoms with Crippen molar-refractivity contribution in [1.82, 2.24) is 9.97 Å². The maximum atomic E-state index is 12.5. The molecular formula is C21H20N4O5. The van der Waals surface area contributed by atoms with Crippen LogP contribution < -0.4 is 24.8 Å². The molecule has 0 radical (unpaired) electrons. The minimum absolute atomic E-state index is 0.0249. The van der Waals surface area contributed by atoms with E-state index >= 15 is 0 Å². The maximum absolute atomic E-state index is 12.5. The zero-order valence-corrected chi connectivity index (χ0v) is 16.6. The van der Waals surface area contributed by atoms with Gasteiger partial charge in [0.25, 0.3) is 11.8 Å². The predicted octanol–water partition coefficient (Wildman–Crippen LogP) is 3.01. The van der Waals surface area contributed by atoms with Crippen molar-refractivity contribution in [3.63, 3.8) is 0 Å². The van der Waals surface area contributed by atoms with Crippen LogP contribution in [0.25, 0.3) is 0 Å². The summed E-state index contributed by atoms with van der Waals surface area (Å²) in [6.45, 7) is 0. The molecule has 0 bridgehead atoms. The molecule has 3 rings (SSSR count). The molecule has 2 amide bonds. The third-order valence-electron chi connectivity index (χ3n) is 4.04. The highest BCUT2D eigenvalue weighted by molar-refractivity contribution is 6.05. The predicted molar refractivity (Wildman–Crippen MR) is 110 cm³/mol. The number of hydrogen-bond acceptors (Lipinski definition) is 7. The molecule has 0 aliphatic carbocycles. The Morgan fingerprint density at radius 3 is 1.83 bits per heavy atom. The van der Waals surface area contributed by atoms with Gasteiger partial charge in [-0.05, 0) is 36.4 Å². The van der Waals surface area contributed by atoms with E-state index in [-0.39, 0.29) is 17.6 Å². The SMILES string of the molecule is COc1cccc(C(=O)Nc2cc(OC)nc(NC(=O)c3cccc(OC)c3)n2)c1. The van der Waals surface area contributed by atoms with Crippen LogP contribution in [-0.4, -0.2) is 43.1 Å². The lowest BCUT2D eigenvalue weighted by atomic mass is 10.2. The fourth-order valence-electron chi connectivity index (χ4n) is 2.54. The molecule has 0 aliphatic heterocycles. The number of anilines is 2. The summed E-state index contributed by atoms with van der Waals surface area (Å²) < 4.78 is 15.4. The summed E-state index contributed by atoms with van der Waals surface area (Å²) in [7, 11) is 4.45. The van der Waals surface area contributed by atoms with Gasteiger partial charge in [0.2, 0.25) is 11.8 Å². The standard InChI is InChI=1S/C21H20N4O5/c1-28-15-8-4-6-13(10-15)19(26)22-17-12-18(30-3)24-21(23-17)25-20(27)14-7-5-9-16(11-14)29-2/h4-12H,1-3H3,(H2,22,23,24,25,26,27). The van der Waals surface area contributed by atoms with Gasteiger partial charge in [0, 0.05) is 17.2 Å². The van der Waals surface area contributed by atoms with E-state index < -0.39 is 11.8 Å². The fourth-order valence-corrected chi connectivity index (χ4v) is 2.54. The average molecular weight is 408 g/mol. The monoisotopic (exact) mass is 408 g/mol. The van der Waals surface area contributed by atoms with Gasteiger partial charge in [-0.1, -0.05) is 12.1 Å². The molecule has 9 heteroatoms. The molecule has 0 saturated carbocycles. The second-order valence-electron chi connectivity index (χ2n) is 5.99. The van der Waals surface area contributed by atoms with Crippen molar-refractivity contribution in [2.45, 2.75) is 0 Å². The number of nitrogens with one attached hydrogen (secondary N) is 2. The molecule has 2 N–H and O–H groups in total. The van der Waals surface area contributed by atoms with Crippen molar-refractivity contribution in [1.29, 1.82) is 0 Å². The van der Waals surface area contributed by atoms with Gasteiger partial charge >= 0.3 is 0 Å². The summed E-state index contributed by atoms with van der Waals surface area (Å²) in [5.74, 6) is 0.562. The van der Waals surface area contributed by atoms with E-state index in [1.54, 1.807) is 48.5 Å². The van der Waals surface area contributed by atoms with Gasteiger partial charge in [-0.25, -0.2) is 0 Å². The number of nitrogens with zero attached hydrogens (tertiary/aromatic N) is 2. The first-order valence-corrected chi connectivity index (χ1v) is 8.86. The van der Waals surface area contributed by atoms with Crippen molar-refractivity contribution in [3.05, 3.63) is 65.7 Å². The summed E-state index contributed by atoms with van der Waals surface area (Å²) in [6.07, 6.45) is 0. The van der Waals surface area contributed by atoms with E-state index in [1.165, 1.54) is 27.4 Å². The van der Waals surface area contributed by atoms with Crippen LogP contribution in [0.4, 0.5) is 11.8 Å². The van der Waals surface area contributed by atoms with Crippen LogP contribution in [-0.2, 0) is 0 Å². The molecule has 0 atom stereocenters. The minimum Gasteiger partial charge on any atom is -0.497 e. The molecule has 1 aromatic heterocycles. The topological polar surface area (TPSA) is 112 Å². The minimum atomic E-state index is -0.438. The smallest absolute Gasteiger partial charge is 0.258 e. The Morgan fingerprint density at radius 2 is 1.30 bits per heavy atom. The molecule has 0 unspecified atom stereocenters. The van der Waals surface area contributed by atoms with Crippen LogP contribution in [0.3, 0.4) is 0 Å². The second-order valence-corrected chi connectivity index (χ2v) is 5.99. The third kappa shape index (κ3) is 5.02. The van der Waals surface area contributed by atoms with E-state index in [2.05, 4.69) is 20.6 Å². The van der Waals surface area contributed by atoms with Crippen LogP contribution in [0.2, 0.25) is 0 Å². The lowest BCUT2D eigenvalue weighted by Crippen LogP contribution is -2.17. The Hall–Kier alpha value is -4.14. The van der Waals surface area contributed by atoms with Crippen LogP contribution in [0.1, 0.15) is 20.7 Å². The Balaban J connectivity index is 1.80. The number of carbonyl (C=O) groups excluding carboxylic acids is 2. The second kappa shape index (κ2) is 9.37. The van der Waals surface area contributed by atoms with Crippen molar-refractivity contribution in [2.24, 2.45) is 0 Å². The van der Waals surface area contributed by atoms with Crippen molar-refractivity contribution in [2.75, 3.05) is 32.0 Å². The Morgan fingerprint density at radius 1 is 0.733 bits per heavy atom. The van der Waals surface area contributed by atoms with E-state index in [9.17, 15) is 9.59 Å². The van der Waals surface area contributed by atoms with Gasteiger partial charge in [0.15, 0.2) is 0 Å². The van der Waals surface area contributed by atoms with Crippen molar-refractivity contribution < 1.29 is 23.8 Å². The van der Waals surface area contributed by atoms with Crippen molar-refractivity contribution in [3.8, 4) is 17.4 Å². The first kappa shape index (κ1) is 20.6. The van der Waals surface area contributed by atoms with Gasteiger partial charge in [0.1, 0.15) is 17.3 Å². The Labute approximate surface area is 173 Å². The molecule has 0 aliphatic rings. The molecule has 0 saturated heterocycles. The van der Waals surface area contributed by atoms with Crippen LogP contribution in [0.15, 0.2) is 54.6 Å². The van der Waals surface area contributed by atoms with Crippen LogP contribution in [0.5, 0.6) is 17.4 Å². The number of carbonyl (C=O) groups is 2. The molecule has 0 spiro atoms. The third-order valence-corrected chi connectivity index (χ3v) is 4.04. The van der Waals surface area contributed by atoms with Crippen LogP contribution in [0, 0.1) is 0 Å². The molecule has 3 aromatic rings. The number of benzene rings is 2. The molecule has 0 fully saturated rings. The molecule has 2 aromatic carbocycles. The average Bonchev–Trinajstić information content (AvgIpc) is 2.78. The summed E-state index contributed by atoms with van der Waals surface area (Å²) in [5, 5.41) is 5.25. The summed E-state index contributed by atoms with van der Waals surface area (Å²) >= 11 is 0. The molecule has 154 valence electrons. The van der Waals surface area contributed by atoms with Gasteiger partial charge in [-0.2, -0.15) is 9.97 Å². The lowest BCUT2D eigenvalue weighted by molar-refractivity contribution is 0.101. The molecule has 1 heterocycles. The highest BCUT2D eigenvalue weighted by atomic mass is 16.5. The number of rotatable bonds is 7. The summed E-state index contributed by atoms with van der Waals surface area (Å²) in [6, 6.07) is 14.8. The van der Waals surface area contributed by atoms with E-state index in [0.29, 0.717) is 22.6 Å². The number of aromatic nitrogens is 2. The zero-order chi connectivity index (χ0) is 21.5. The van der Waals surface area contributed by atoms with Gasteiger partial charge in [-0.15, -0.1) is 0 Å². The largest absolute Gasteiger partial charge is 0.497 e. The number of methoxy groups -OCH3 is 3. The Bertz CT molecular complexity index is 991. The maximum Gasteiger partial charge on any atom is 0.258 e. The van der Waals surface area contributed by atoms with Gasteiger partial charge in [-0.3, -0.25) is 14.9 Å². The number of ether oxygens (including phenoxy) is 3. The van der Waals surface area contributed by atoms with Gasteiger partial charge < -0.3 is 19.5 Å². The molecular weight excluding hydrogens is 388 g/mol. The first-order chi connectivity index (χ1) is 14.5. The fraction of sp³-hybridized carbons (Fsp3) is 0.143. The summed E-state index contributed by atoms with van der Waals surface area (Å²) in [5.41, 5.74) is 0.747. The first-order valence-electron chi connectivity index (χ1n) is 8.86. The Kier molecular flexibility index (Phi) is 6.43. The van der Waals surface area contributed by atoms with Crippen molar-refractivity contribution >= 4 is 23.6 Å². The van der Waals surface area contributed by atoms with E-state index in [4.69, 9.17) is 14.2 Å². The van der Waals surface area contributed by atoms with Gasteiger partial charge in [0.05, 0.1) is 21.3 Å². The molecule has 30 heavy (non-hydrogen) atoms. The summed E-state index contributed by atoms with van der Waals surface area (Å²) in [4.78, 5) is 33.3. The highest BCUT2D eigenvalue weighted by Crippen LogP contribution is 2.19. The van der Waals surface area contributed by atoms with Crippen LogP contribution >= 0.6 is 0 Å². The quantitative estimate of drug-likeness (QED) is 0.618. The normalized spacial score (nSPS) is 10.1. The molecule has 9 nitrogen and oxygen atoms in total. The number of hydrogen-bond donors (Lipinski definition) is 2. The number of amides is 2.